The van der Waals surface area contributed by atoms with Crippen molar-refractivity contribution in [2.75, 3.05) is 19.7 Å². The lowest BCUT2D eigenvalue weighted by atomic mass is 10.1. The number of rotatable bonds is 4. The van der Waals surface area contributed by atoms with Crippen LogP contribution in [0.25, 0.3) is 11.5 Å². The number of likely N-dealkylation sites (tertiary alicyclic amines) is 1. The average Bonchev–Trinajstić information content (AvgIpc) is 3.18. The highest BCUT2D eigenvalue weighted by Gasteiger charge is 2.26. The Bertz CT molecular complexity index is 621. The molecule has 2 aromatic heterocycles. The highest BCUT2D eigenvalue weighted by molar-refractivity contribution is 7.08. The van der Waals surface area contributed by atoms with Gasteiger partial charge in [0.25, 0.3) is 0 Å². The number of carbonyl (C=O) groups excluding carboxylic acids is 1. The number of carbonyl (C=O) groups is 1. The minimum absolute atomic E-state index is 0.0548. The lowest BCUT2D eigenvalue weighted by molar-refractivity contribution is -0.129. The average molecular weight is 306 g/mol. The number of hydrogen-bond acceptors (Lipinski definition) is 5. The van der Waals surface area contributed by atoms with Crippen LogP contribution in [0.5, 0.6) is 0 Å². The summed E-state index contributed by atoms with van der Waals surface area (Å²) in [5.74, 6) is 1.54. The van der Waals surface area contributed by atoms with Gasteiger partial charge in [0.05, 0.1) is 12.1 Å². The van der Waals surface area contributed by atoms with Crippen molar-refractivity contribution in [1.82, 2.24) is 9.88 Å². The van der Waals surface area contributed by atoms with Gasteiger partial charge in [0.2, 0.25) is 11.8 Å². The quantitative estimate of drug-likeness (QED) is 0.939. The van der Waals surface area contributed by atoms with Crippen LogP contribution in [0.3, 0.4) is 0 Å². The molecule has 1 unspecified atom stereocenters. The van der Waals surface area contributed by atoms with Crippen LogP contribution in [0.4, 0.5) is 0 Å². The standard InChI is InChI=1S/C15H18N2O3S/c1-10-13(16-15(20-10)12-3-5-21-9-12)6-14(19)17-4-2-11(7-17)8-18/h3,5,9,11,18H,2,4,6-8H2,1H3. The molecule has 0 aromatic carbocycles. The Morgan fingerprint density at radius 1 is 1.62 bits per heavy atom. The third-order valence-electron chi connectivity index (χ3n) is 3.88. The molecule has 5 nitrogen and oxygen atoms in total. The summed E-state index contributed by atoms with van der Waals surface area (Å²) in [5, 5.41) is 13.1. The van der Waals surface area contributed by atoms with E-state index in [1.54, 1.807) is 16.2 Å². The van der Waals surface area contributed by atoms with Gasteiger partial charge in [-0.05, 0) is 24.8 Å². The van der Waals surface area contributed by atoms with E-state index in [2.05, 4.69) is 4.98 Å². The van der Waals surface area contributed by atoms with Gasteiger partial charge in [0, 0.05) is 36.6 Å². The molecule has 1 N–H and O–H groups in total. The number of aliphatic hydroxyl groups is 1. The maximum Gasteiger partial charge on any atom is 0.228 e. The van der Waals surface area contributed by atoms with Gasteiger partial charge in [-0.1, -0.05) is 0 Å². The fraction of sp³-hybridized carbons (Fsp3) is 0.467. The zero-order valence-electron chi connectivity index (χ0n) is 11.9. The smallest absolute Gasteiger partial charge is 0.228 e. The van der Waals surface area contributed by atoms with E-state index in [0.717, 1.165) is 18.5 Å². The molecule has 0 bridgehead atoms. The third-order valence-corrected chi connectivity index (χ3v) is 4.56. The van der Waals surface area contributed by atoms with Crippen molar-refractivity contribution >= 4 is 17.2 Å². The summed E-state index contributed by atoms with van der Waals surface area (Å²) in [6, 6.07) is 1.95. The molecule has 6 heteroatoms. The number of hydrogen-bond donors (Lipinski definition) is 1. The second-order valence-corrected chi connectivity index (χ2v) is 6.17. The lowest BCUT2D eigenvalue weighted by Gasteiger charge is -2.15. The van der Waals surface area contributed by atoms with Gasteiger partial charge in [-0.15, -0.1) is 0 Å². The summed E-state index contributed by atoms with van der Waals surface area (Å²) in [5.41, 5.74) is 1.65. The molecule has 21 heavy (non-hydrogen) atoms. The van der Waals surface area contributed by atoms with Crippen molar-refractivity contribution in [1.29, 1.82) is 0 Å². The van der Waals surface area contributed by atoms with Crippen LogP contribution in [0.1, 0.15) is 17.9 Å². The molecular formula is C15H18N2O3S. The van der Waals surface area contributed by atoms with Gasteiger partial charge < -0.3 is 14.4 Å². The molecule has 0 radical (unpaired) electrons. The van der Waals surface area contributed by atoms with Gasteiger partial charge in [0.1, 0.15) is 5.76 Å². The predicted molar refractivity (Wildman–Crippen MR) is 80.0 cm³/mol. The molecule has 1 aliphatic rings. The molecule has 3 heterocycles. The number of aryl methyl sites for hydroxylation is 1. The van der Waals surface area contributed by atoms with Crippen molar-refractivity contribution in [3.05, 3.63) is 28.3 Å². The zero-order valence-corrected chi connectivity index (χ0v) is 12.7. The number of oxazole rings is 1. The van der Waals surface area contributed by atoms with E-state index in [1.807, 2.05) is 23.8 Å². The summed E-state index contributed by atoms with van der Waals surface area (Å²) in [4.78, 5) is 18.5. The van der Waals surface area contributed by atoms with E-state index >= 15 is 0 Å². The monoisotopic (exact) mass is 306 g/mol. The largest absolute Gasteiger partial charge is 0.441 e. The molecule has 0 saturated carbocycles. The first-order valence-corrected chi connectivity index (χ1v) is 7.99. The van der Waals surface area contributed by atoms with E-state index in [9.17, 15) is 4.79 Å². The number of aromatic nitrogens is 1. The highest BCUT2D eigenvalue weighted by atomic mass is 32.1. The Morgan fingerprint density at radius 3 is 3.14 bits per heavy atom. The summed E-state index contributed by atoms with van der Waals surface area (Å²) < 4.78 is 5.65. The van der Waals surface area contributed by atoms with Gasteiger partial charge in [-0.25, -0.2) is 4.98 Å². The molecule has 1 amide bonds. The Labute approximate surface area is 127 Å². The van der Waals surface area contributed by atoms with Crippen molar-refractivity contribution in [3.63, 3.8) is 0 Å². The second-order valence-electron chi connectivity index (χ2n) is 5.39. The highest BCUT2D eigenvalue weighted by Crippen LogP contribution is 2.24. The van der Waals surface area contributed by atoms with Crippen LogP contribution in [-0.4, -0.2) is 40.6 Å². The first-order chi connectivity index (χ1) is 10.2. The van der Waals surface area contributed by atoms with Gasteiger partial charge >= 0.3 is 0 Å². The molecule has 0 aliphatic carbocycles. The van der Waals surface area contributed by atoms with Crippen molar-refractivity contribution in [3.8, 4) is 11.5 Å². The minimum atomic E-state index is 0.0548. The van der Waals surface area contributed by atoms with Crippen LogP contribution >= 0.6 is 11.3 Å². The number of nitrogens with zero attached hydrogens (tertiary/aromatic N) is 2. The fourth-order valence-corrected chi connectivity index (χ4v) is 3.19. The molecule has 3 rings (SSSR count). The Hall–Kier alpha value is -1.66. The number of thiophene rings is 1. The van der Waals surface area contributed by atoms with Crippen LogP contribution in [0.15, 0.2) is 21.2 Å². The van der Waals surface area contributed by atoms with E-state index < -0.39 is 0 Å². The third kappa shape index (κ3) is 3.01. The molecule has 1 saturated heterocycles. The predicted octanol–water partition coefficient (Wildman–Crippen LogP) is 2.09. The van der Waals surface area contributed by atoms with Crippen LogP contribution in [-0.2, 0) is 11.2 Å². The van der Waals surface area contributed by atoms with Crippen LogP contribution < -0.4 is 0 Å². The maximum atomic E-state index is 12.3. The first kappa shape index (κ1) is 14.3. The van der Waals surface area contributed by atoms with Crippen molar-refractivity contribution in [2.24, 2.45) is 5.92 Å². The summed E-state index contributed by atoms with van der Waals surface area (Å²) in [6.07, 6.45) is 1.14. The Kier molecular flexibility index (Phi) is 4.07. The topological polar surface area (TPSA) is 66.6 Å². The number of aliphatic hydroxyl groups excluding tert-OH is 1. The normalized spacial score (nSPS) is 18.4. The van der Waals surface area contributed by atoms with Gasteiger partial charge in [0.15, 0.2) is 0 Å². The van der Waals surface area contributed by atoms with Gasteiger partial charge in [-0.2, -0.15) is 11.3 Å². The summed E-state index contributed by atoms with van der Waals surface area (Å²) in [7, 11) is 0. The Morgan fingerprint density at radius 2 is 2.48 bits per heavy atom. The number of amides is 1. The van der Waals surface area contributed by atoms with E-state index in [-0.39, 0.29) is 24.9 Å². The van der Waals surface area contributed by atoms with Crippen LogP contribution in [0, 0.1) is 12.8 Å². The zero-order chi connectivity index (χ0) is 14.8. The second kappa shape index (κ2) is 5.99. The van der Waals surface area contributed by atoms with E-state index in [4.69, 9.17) is 9.52 Å². The molecule has 0 spiro atoms. The lowest BCUT2D eigenvalue weighted by Crippen LogP contribution is -2.30. The molecule has 1 fully saturated rings. The minimum Gasteiger partial charge on any atom is -0.441 e. The maximum absolute atomic E-state index is 12.3. The first-order valence-electron chi connectivity index (χ1n) is 7.05. The van der Waals surface area contributed by atoms with Gasteiger partial charge in [-0.3, -0.25) is 4.79 Å². The summed E-state index contributed by atoms with van der Waals surface area (Å²) in [6.45, 7) is 3.35. The summed E-state index contributed by atoms with van der Waals surface area (Å²) >= 11 is 1.59. The molecular weight excluding hydrogens is 288 g/mol. The van der Waals surface area contributed by atoms with E-state index in [0.29, 0.717) is 23.9 Å². The molecule has 112 valence electrons. The molecule has 1 atom stereocenters. The van der Waals surface area contributed by atoms with Crippen molar-refractivity contribution in [2.45, 2.75) is 19.8 Å². The SMILES string of the molecule is Cc1oc(-c2ccsc2)nc1CC(=O)N1CCC(CO)C1. The van der Waals surface area contributed by atoms with Crippen LogP contribution in [0.2, 0.25) is 0 Å². The molecule has 2 aromatic rings. The molecule has 1 aliphatic heterocycles. The Balaban J connectivity index is 1.69. The fourth-order valence-electron chi connectivity index (χ4n) is 2.56. The van der Waals surface area contributed by atoms with Crippen molar-refractivity contribution < 1.29 is 14.3 Å². The van der Waals surface area contributed by atoms with E-state index in [1.165, 1.54) is 0 Å².